The van der Waals surface area contributed by atoms with Gasteiger partial charge in [0.15, 0.2) is 17.2 Å². The Morgan fingerprint density at radius 2 is 1.82 bits per heavy atom. The molecule has 0 fully saturated rings. The number of aromatic hydroxyl groups is 1. The van der Waals surface area contributed by atoms with E-state index in [4.69, 9.17) is 5.73 Å². The van der Waals surface area contributed by atoms with Crippen molar-refractivity contribution >= 4 is 22.4 Å². The molecule has 0 amide bonds. The number of nitrogens with zero attached hydrogens (tertiary/aromatic N) is 4. The lowest BCUT2D eigenvalue weighted by Crippen LogP contribution is -2.01. The number of hydrogen-bond acceptors (Lipinski definition) is 5. The first-order valence-electron chi connectivity index (χ1n) is 8.58. The lowest BCUT2D eigenvalue weighted by molar-refractivity contribution is 0.432. The minimum Gasteiger partial charge on any atom is -0.505 e. The molecule has 0 atom stereocenters. The average molecular weight is 371 g/mol. The van der Waals surface area contributed by atoms with Crippen molar-refractivity contribution in [3.63, 3.8) is 0 Å². The zero-order valence-electron chi connectivity index (χ0n) is 14.5. The van der Waals surface area contributed by atoms with E-state index in [0.717, 1.165) is 22.0 Å². The van der Waals surface area contributed by atoms with Gasteiger partial charge in [-0.3, -0.25) is 4.98 Å². The Morgan fingerprint density at radius 3 is 2.68 bits per heavy atom. The number of aromatic nitrogens is 4. The number of phenols is 1. The molecule has 3 N–H and O–H groups in total. The number of pyridine rings is 1. The van der Waals surface area contributed by atoms with Gasteiger partial charge in [0.05, 0.1) is 17.4 Å². The van der Waals surface area contributed by atoms with Crippen LogP contribution in [0.25, 0.3) is 38.9 Å². The van der Waals surface area contributed by atoms with Gasteiger partial charge in [-0.15, -0.1) is 0 Å². The molecule has 136 valence electrons. The first-order chi connectivity index (χ1) is 13.6. The van der Waals surface area contributed by atoms with Gasteiger partial charge >= 0.3 is 0 Å². The summed E-state index contributed by atoms with van der Waals surface area (Å²) in [6.07, 6.45) is 3.45. The molecule has 5 rings (SSSR count). The molecule has 3 aromatic heterocycles. The predicted octanol–water partition coefficient (Wildman–Crippen LogP) is 4.04. The Hall–Kier alpha value is -4.00. The van der Waals surface area contributed by atoms with Gasteiger partial charge in [0.25, 0.3) is 0 Å². The summed E-state index contributed by atoms with van der Waals surface area (Å²) < 4.78 is 15.3. The van der Waals surface area contributed by atoms with Crippen molar-refractivity contribution in [3.05, 3.63) is 72.8 Å². The molecule has 5 aromatic rings. The SMILES string of the molecule is Nc1cc(-c2ccc(O)c(F)c2)nc2c(-c3cnc4ccccc4c3)cnn12. The second-order valence-electron chi connectivity index (χ2n) is 6.44. The summed E-state index contributed by atoms with van der Waals surface area (Å²) in [5, 5.41) is 14.8. The van der Waals surface area contributed by atoms with Crippen molar-refractivity contribution in [1.82, 2.24) is 19.6 Å². The zero-order chi connectivity index (χ0) is 19.3. The summed E-state index contributed by atoms with van der Waals surface area (Å²) in [5.74, 6) is -0.760. The summed E-state index contributed by atoms with van der Waals surface area (Å²) in [4.78, 5) is 9.13. The molecule has 0 aliphatic carbocycles. The maximum atomic E-state index is 13.8. The van der Waals surface area contributed by atoms with Crippen LogP contribution in [0, 0.1) is 5.82 Å². The predicted molar refractivity (Wildman–Crippen MR) is 105 cm³/mol. The normalized spacial score (nSPS) is 11.3. The van der Waals surface area contributed by atoms with Gasteiger partial charge < -0.3 is 10.8 Å². The van der Waals surface area contributed by atoms with Crippen molar-refractivity contribution in [1.29, 1.82) is 0 Å². The van der Waals surface area contributed by atoms with Crippen molar-refractivity contribution in [2.24, 2.45) is 0 Å². The average Bonchev–Trinajstić information content (AvgIpc) is 3.14. The van der Waals surface area contributed by atoms with E-state index in [1.54, 1.807) is 24.5 Å². The van der Waals surface area contributed by atoms with E-state index in [1.807, 2.05) is 30.3 Å². The monoisotopic (exact) mass is 371 g/mol. The van der Waals surface area contributed by atoms with Crippen LogP contribution in [-0.2, 0) is 0 Å². The molecule has 7 heteroatoms. The number of phenolic OH excluding ortho intramolecular Hbond substituents is 1. The third-order valence-corrected chi connectivity index (χ3v) is 4.64. The third-order valence-electron chi connectivity index (χ3n) is 4.64. The highest BCUT2D eigenvalue weighted by atomic mass is 19.1. The van der Waals surface area contributed by atoms with Crippen LogP contribution >= 0.6 is 0 Å². The van der Waals surface area contributed by atoms with Crippen LogP contribution < -0.4 is 5.73 Å². The maximum absolute atomic E-state index is 13.8. The molecule has 0 bridgehead atoms. The van der Waals surface area contributed by atoms with E-state index in [-0.39, 0.29) is 0 Å². The van der Waals surface area contributed by atoms with Crippen LogP contribution in [0.5, 0.6) is 5.75 Å². The number of hydrogen-bond donors (Lipinski definition) is 2. The minimum atomic E-state index is -0.717. The molecular formula is C21H14FN5O. The van der Waals surface area contributed by atoms with E-state index < -0.39 is 11.6 Å². The molecule has 0 saturated heterocycles. The number of anilines is 1. The number of nitrogens with two attached hydrogens (primary N) is 1. The Balaban J connectivity index is 1.71. The van der Waals surface area contributed by atoms with Gasteiger partial charge in [-0.05, 0) is 30.3 Å². The smallest absolute Gasteiger partial charge is 0.165 e. The first-order valence-corrected chi connectivity index (χ1v) is 8.58. The fourth-order valence-corrected chi connectivity index (χ4v) is 3.22. The van der Waals surface area contributed by atoms with Crippen LogP contribution in [0.1, 0.15) is 0 Å². The van der Waals surface area contributed by atoms with Crippen LogP contribution in [0.2, 0.25) is 0 Å². The molecule has 0 unspecified atom stereocenters. The fourth-order valence-electron chi connectivity index (χ4n) is 3.22. The van der Waals surface area contributed by atoms with Crippen LogP contribution in [0.4, 0.5) is 10.2 Å². The van der Waals surface area contributed by atoms with E-state index in [9.17, 15) is 9.50 Å². The first kappa shape index (κ1) is 16.2. The Bertz CT molecular complexity index is 1360. The third kappa shape index (κ3) is 2.52. The second kappa shape index (κ2) is 6.02. The standard InChI is InChI=1S/C21H14FN5O/c22-16-8-13(5-6-19(16)28)18-9-20(23)27-21(26-18)15(11-25-27)14-7-12-3-1-2-4-17(12)24-10-14/h1-11,28H,23H2. The van der Waals surface area contributed by atoms with E-state index in [2.05, 4.69) is 15.1 Å². The summed E-state index contributed by atoms with van der Waals surface area (Å²) >= 11 is 0. The number of rotatable bonds is 2. The van der Waals surface area contributed by atoms with Crippen LogP contribution in [-0.4, -0.2) is 24.7 Å². The Kier molecular flexibility index (Phi) is 3.48. The maximum Gasteiger partial charge on any atom is 0.165 e. The highest BCUT2D eigenvalue weighted by Crippen LogP contribution is 2.30. The molecule has 6 nitrogen and oxygen atoms in total. The summed E-state index contributed by atoms with van der Waals surface area (Å²) in [6.45, 7) is 0. The van der Waals surface area contributed by atoms with Gasteiger partial charge in [0.1, 0.15) is 5.82 Å². The highest BCUT2D eigenvalue weighted by Gasteiger charge is 2.14. The zero-order valence-corrected chi connectivity index (χ0v) is 14.5. The number of halogens is 1. The topological polar surface area (TPSA) is 89.3 Å². The fraction of sp³-hybridized carbons (Fsp3) is 0. The number of nitrogen functional groups attached to an aromatic ring is 1. The van der Waals surface area contributed by atoms with Gasteiger partial charge in [0.2, 0.25) is 0 Å². The van der Waals surface area contributed by atoms with Crippen molar-refractivity contribution in [3.8, 4) is 28.1 Å². The van der Waals surface area contributed by atoms with Gasteiger partial charge in [-0.1, -0.05) is 18.2 Å². The van der Waals surface area contributed by atoms with E-state index >= 15 is 0 Å². The van der Waals surface area contributed by atoms with Crippen molar-refractivity contribution < 1.29 is 9.50 Å². The number of para-hydroxylation sites is 1. The highest BCUT2D eigenvalue weighted by molar-refractivity contribution is 5.87. The van der Waals surface area contributed by atoms with Crippen molar-refractivity contribution in [2.75, 3.05) is 5.73 Å². The van der Waals surface area contributed by atoms with E-state index in [1.165, 1.54) is 16.6 Å². The summed E-state index contributed by atoms with van der Waals surface area (Å²) in [5.41, 5.74) is 10.2. The molecule has 28 heavy (non-hydrogen) atoms. The number of benzene rings is 2. The van der Waals surface area contributed by atoms with Crippen molar-refractivity contribution in [2.45, 2.75) is 0 Å². The quantitative estimate of drug-likeness (QED) is 0.489. The molecule has 0 spiro atoms. The molecule has 2 aromatic carbocycles. The summed E-state index contributed by atoms with van der Waals surface area (Å²) in [6, 6.07) is 15.6. The van der Waals surface area contributed by atoms with Crippen LogP contribution in [0.15, 0.2) is 67.0 Å². The Morgan fingerprint density at radius 1 is 0.964 bits per heavy atom. The van der Waals surface area contributed by atoms with Gasteiger partial charge in [-0.2, -0.15) is 9.61 Å². The molecule has 0 aliphatic heterocycles. The lowest BCUT2D eigenvalue weighted by atomic mass is 10.1. The largest absolute Gasteiger partial charge is 0.505 e. The van der Waals surface area contributed by atoms with Gasteiger partial charge in [0, 0.05) is 34.3 Å². The lowest BCUT2D eigenvalue weighted by Gasteiger charge is -2.07. The molecular weight excluding hydrogens is 357 g/mol. The second-order valence-corrected chi connectivity index (χ2v) is 6.44. The molecule has 0 aliphatic rings. The Labute approximate surface area is 158 Å². The molecule has 0 radical (unpaired) electrons. The minimum absolute atomic E-state index is 0.369. The van der Waals surface area contributed by atoms with E-state index in [0.29, 0.717) is 22.7 Å². The molecule has 0 saturated carbocycles. The summed E-state index contributed by atoms with van der Waals surface area (Å²) in [7, 11) is 0. The van der Waals surface area contributed by atoms with Gasteiger partial charge in [-0.25, -0.2) is 9.37 Å². The molecule has 3 heterocycles. The number of fused-ring (bicyclic) bond motifs is 2. The van der Waals surface area contributed by atoms with Crippen LogP contribution in [0.3, 0.4) is 0 Å².